The molecule has 1 saturated heterocycles. The fourth-order valence-electron chi connectivity index (χ4n) is 4.32. The van der Waals surface area contributed by atoms with Gasteiger partial charge in [0.15, 0.2) is 0 Å². The van der Waals surface area contributed by atoms with Gasteiger partial charge in [-0.15, -0.1) is 0 Å². The Hall–Kier alpha value is -3.07. The molecule has 2 aliphatic rings. The molecule has 0 unspecified atom stereocenters. The zero-order chi connectivity index (χ0) is 24.0. The van der Waals surface area contributed by atoms with Gasteiger partial charge in [0, 0.05) is 51.5 Å². The number of hydrogen-bond donors (Lipinski definition) is 2. The molecule has 1 fully saturated rings. The van der Waals surface area contributed by atoms with Crippen molar-refractivity contribution in [2.75, 3.05) is 46.4 Å². The zero-order valence-electron chi connectivity index (χ0n) is 20.0. The van der Waals surface area contributed by atoms with E-state index in [9.17, 15) is 14.4 Å². The molecule has 0 radical (unpaired) electrons. The van der Waals surface area contributed by atoms with Crippen molar-refractivity contribution in [3.05, 3.63) is 47.2 Å². The lowest BCUT2D eigenvalue weighted by Crippen LogP contribution is -2.58. The third-order valence-electron chi connectivity index (χ3n) is 6.08. The number of piperazine rings is 1. The predicted molar refractivity (Wildman–Crippen MR) is 125 cm³/mol. The Balaban J connectivity index is 1.86. The summed E-state index contributed by atoms with van der Waals surface area (Å²) in [6, 6.07) is 8.56. The van der Waals surface area contributed by atoms with Gasteiger partial charge in [-0.2, -0.15) is 0 Å². The smallest absolute Gasteiger partial charge is 0.338 e. The molecule has 9 heteroatoms. The number of ether oxygens (including phenoxy) is 1. The van der Waals surface area contributed by atoms with Crippen LogP contribution in [0.1, 0.15) is 38.8 Å². The van der Waals surface area contributed by atoms with Crippen molar-refractivity contribution >= 4 is 18.0 Å². The second kappa shape index (κ2) is 11.2. The molecule has 9 nitrogen and oxygen atoms in total. The molecule has 2 aliphatic heterocycles. The van der Waals surface area contributed by atoms with Gasteiger partial charge in [-0.05, 0) is 25.8 Å². The molecular formula is C24H35N5O4. The molecule has 2 atom stereocenters. The molecule has 4 amide bonds. The first kappa shape index (κ1) is 24.6. The Morgan fingerprint density at radius 1 is 1.18 bits per heavy atom. The molecule has 180 valence electrons. The summed E-state index contributed by atoms with van der Waals surface area (Å²) in [5.74, 6) is -0.432. The second-order valence-corrected chi connectivity index (χ2v) is 8.44. The van der Waals surface area contributed by atoms with E-state index < -0.39 is 12.0 Å². The first-order valence-corrected chi connectivity index (χ1v) is 11.6. The minimum Gasteiger partial charge on any atom is -0.463 e. The van der Waals surface area contributed by atoms with E-state index in [-0.39, 0.29) is 24.7 Å². The highest BCUT2D eigenvalue weighted by Crippen LogP contribution is 2.31. The Kier molecular flexibility index (Phi) is 8.32. The highest BCUT2D eigenvalue weighted by atomic mass is 16.5. The van der Waals surface area contributed by atoms with Gasteiger partial charge in [0.05, 0.1) is 18.2 Å². The van der Waals surface area contributed by atoms with E-state index in [1.165, 1.54) is 4.90 Å². The van der Waals surface area contributed by atoms with Crippen molar-refractivity contribution in [1.29, 1.82) is 0 Å². The minimum atomic E-state index is -0.581. The average molecular weight is 458 g/mol. The fraction of sp³-hybridized carbons (Fsp3) is 0.542. The van der Waals surface area contributed by atoms with Crippen molar-refractivity contribution < 1.29 is 19.1 Å². The SMILES string of the molecule is CCCNC(=O)N1CCN(CC2=C(C(=O)OCC)[C@@H](c3ccccc3)NC(=O)N2C)C[C@@H]1C. The van der Waals surface area contributed by atoms with Crippen LogP contribution < -0.4 is 10.6 Å². The quantitative estimate of drug-likeness (QED) is 0.613. The lowest BCUT2D eigenvalue weighted by atomic mass is 9.94. The van der Waals surface area contributed by atoms with E-state index in [0.29, 0.717) is 44.0 Å². The molecule has 33 heavy (non-hydrogen) atoms. The van der Waals surface area contributed by atoms with Gasteiger partial charge in [-0.1, -0.05) is 37.3 Å². The molecule has 3 rings (SSSR count). The number of amides is 4. The third kappa shape index (κ3) is 5.65. The van der Waals surface area contributed by atoms with Crippen LogP contribution in [0.2, 0.25) is 0 Å². The molecule has 2 heterocycles. The van der Waals surface area contributed by atoms with Crippen LogP contribution in [-0.4, -0.2) is 85.2 Å². The molecule has 0 saturated carbocycles. The Morgan fingerprint density at radius 2 is 1.91 bits per heavy atom. The van der Waals surface area contributed by atoms with Gasteiger partial charge >= 0.3 is 18.0 Å². The molecule has 0 aliphatic carbocycles. The summed E-state index contributed by atoms with van der Waals surface area (Å²) < 4.78 is 5.39. The molecular weight excluding hydrogens is 422 g/mol. The van der Waals surface area contributed by atoms with Crippen LogP contribution in [0.15, 0.2) is 41.6 Å². The summed E-state index contributed by atoms with van der Waals surface area (Å²) in [5.41, 5.74) is 1.90. The standard InChI is InChI=1S/C24H35N5O4/c1-5-12-25-23(31)29-14-13-28(15-17(29)3)16-19-20(22(30)33-6-2)21(26-24(32)27(19)4)18-10-8-7-9-11-18/h7-11,17,21H,5-6,12-16H2,1-4H3,(H,25,31)(H,26,32)/t17-,21+/m0/s1. The van der Waals surface area contributed by atoms with Gasteiger partial charge in [0.1, 0.15) is 0 Å². The van der Waals surface area contributed by atoms with Crippen molar-refractivity contribution in [3.8, 4) is 0 Å². The van der Waals surface area contributed by atoms with Crippen LogP contribution in [0, 0.1) is 0 Å². The molecule has 1 aromatic carbocycles. The number of carbonyl (C=O) groups is 3. The van der Waals surface area contributed by atoms with Gasteiger partial charge in [0.25, 0.3) is 0 Å². The Labute approximate surface area is 195 Å². The van der Waals surface area contributed by atoms with Crippen molar-refractivity contribution in [1.82, 2.24) is 25.3 Å². The van der Waals surface area contributed by atoms with Crippen LogP contribution in [0.3, 0.4) is 0 Å². The highest BCUT2D eigenvalue weighted by Gasteiger charge is 2.38. The minimum absolute atomic E-state index is 0.00916. The topological polar surface area (TPSA) is 94.2 Å². The number of esters is 1. The number of urea groups is 2. The molecule has 0 bridgehead atoms. The number of benzene rings is 1. The lowest BCUT2D eigenvalue weighted by molar-refractivity contribution is -0.139. The molecule has 2 N–H and O–H groups in total. The summed E-state index contributed by atoms with van der Waals surface area (Å²) in [6.07, 6.45) is 0.891. The average Bonchev–Trinajstić information content (AvgIpc) is 2.81. The maximum absolute atomic E-state index is 13.1. The molecule has 1 aromatic rings. The number of likely N-dealkylation sites (N-methyl/N-ethyl adjacent to an activating group) is 1. The van der Waals surface area contributed by atoms with Crippen LogP contribution in [0.5, 0.6) is 0 Å². The van der Waals surface area contributed by atoms with E-state index >= 15 is 0 Å². The summed E-state index contributed by atoms with van der Waals surface area (Å²) in [7, 11) is 1.67. The van der Waals surface area contributed by atoms with Gasteiger partial charge < -0.3 is 20.3 Å². The molecule has 0 spiro atoms. The number of carbonyl (C=O) groups excluding carboxylic acids is 3. The Bertz CT molecular complexity index is 888. The second-order valence-electron chi connectivity index (χ2n) is 8.44. The largest absolute Gasteiger partial charge is 0.463 e. The number of rotatable bonds is 7. The normalized spacial score (nSPS) is 21.6. The first-order chi connectivity index (χ1) is 15.9. The van der Waals surface area contributed by atoms with Crippen LogP contribution in [0.25, 0.3) is 0 Å². The van der Waals surface area contributed by atoms with E-state index in [1.54, 1.807) is 14.0 Å². The monoisotopic (exact) mass is 457 g/mol. The van der Waals surface area contributed by atoms with E-state index in [1.807, 2.05) is 49.1 Å². The zero-order valence-corrected chi connectivity index (χ0v) is 20.0. The lowest BCUT2D eigenvalue weighted by Gasteiger charge is -2.42. The van der Waals surface area contributed by atoms with Crippen molar-refractivity contribution in [2.24, 2.45) is 0 Å². The van der Waals surface area contributed by atoms with Crippen molar-refractivity contribution in [2.45, 2.75) is 39.3 Å². The predicted octanol–water partition coefficient (Wildman–Crippen LogP) is 2.33. The van der Waals surface area contributed by atoms with Crippen LogP contribution in [-0.2, 0) is 9.53 Å². The summed E-state index contributed by atoms with van der Waals surface area (Å²) in [6.45, 7) is 9.00. The van der Waals surface area contributed by atoms with Crippen LogP contribution >= 0.6 is 0 Å². The highest BCUT2D eigenvalue weighted by molar-refractivity contribution is 5.95. The summed E-state index contributed by atoms with van der Waals surface area (Å²) in [4.78, 5) is 43.8. The fourth-order valence-corrected chi connectivity index (χ4v) is 4.32. The van der Waals surface area contributed by atoms with E-state index in [4.69, 9.17) is 4.74 Å². The van der Waals surface area contributed by atoms with Gasteiger partial charge in [0.2, 0.25) is 0 Å². The summed E-state index contributed by atoms with van der Waals surface area (Å²) in [5, 5.41) is 5.88. The van der Waals surface area contributed by atoms with Gasteiger partial charge in [-0.25, -0.2) is 14.4 Å². The maximum Gasteiger partial charge on any atom is 0.338 e. The van der Waals surface area contributed by atoms with Gasteiger partial charge in [-0.3, -0.25) is 9.80 Å². The molecule has 0 aromatic heterocycles. The number of hydrogen-bond acceptors (Lipinski definition) is 5. The Morgan fingerprint density at radius 3 is 2.55 bits per heavy atom. The first-order valence-electron chi connectivity index (χ1n) is 11.6. The maximum atomic E-state index is 13.1. The van der Waals surface area contributed by atoms with Crippen LogP contribution in [0.4, 0.5) is 9.59 Å². The third-order valence-corrected chi connectivity index (χ3v) is 6.08. The van der Waals surface area contributed by atoms with Crippen molar-refractivity contribution in [3.63, 3.8) is 0 Å². The number of nitrogens with zero attached hydrogens (tertiary/aromatic N) is 3. The number of nitrogens with one attached hydrogen (secondary N) is 2. The van der Waals surface area contributed by atoms with E-state index in [0.717, 1.165) is 12.0 Å². The summed E-state index contributed by atoms with van der Waals surface area (Å²) >= 11 is 0. The van der Waals surface area contributed by atoms with E-state index in [2.05, 4.69) is 15.5 Å².